The third kappa shape index (κ3) is 4.20. The van der Waals surface area contributed by atoms with Crippen LogP contribution in [0.5, 0.6) is 5.75 Å². The van der Waals surface area contributed by atoms with Crippen molar-refractivity contribution in [1.82, 2.24) is 15.1 Å². The molecule has 0 N–H and O–H groups in total. The number of carbonyl (C=O) groups excluding carboxylic acids is 1. The molecule has 0 aliphatic rings. The first-order valence-corrected chi connectivity index (χ1v) is 7.53. The lowest BCUT2D eigenvalue weighted by Gasteiger charge is -2.11. The Hall–Kier alpha value is -2.09. The number of aromatic nitrogens is 2. The summed E-state index contributed by atoms with van der Waals surface area (Å²) in [7, 11) is 3.35. The van der Waals surface area contributed by atoms with E-state index in [-0.39, 0.29) is 28.5 Å². The number of amides is 1. The molecule has 2 aromatic rings. The fourth-order valence-corrected chi connectivity index (χ4v) is 2.22. The van der Waals surface area contributed by atoms with Gasteiger partial charge in [-0.05, 0) is 19.1 Å². The molecule has 118 valence electrons. The second-order valence-corrected chi connectivity index (χ2v) is 5.60. The number of benzene rings is 1. The van der Waals surface area contributed by atoms with E-state index in [0.717, 1.165) is 11.8 Å². The fraction of sp³-hybridized carbons (Fsp3) is 0.357. The normalized spacial score (nSPS) is 12.0. The molecular formula is C14H16FN3O3S. The molecule has 1 heterocycles. The van der Waals surface area contributed by atoms with Crippen LogP contribution in [0, 0.1) is 5.82 Å². The second kappa shape index (κ2) is 7.26. The lowest BCUT2D eigenvalue weighted by Crippen LogP contribution is -2.23. The highest BCUT2D eigenvalue weighted by Gasteiger charge is 2.18. The van der Waals surface area contributed by atoms with Crippen molar-refractivity contribution in [3.05, 3.63) is 36.0 Å². The molecule has 1 aromatic heterocycles. The van der Waals surface area contributed by atoms with Gasteiger partial charge in [0.2, 0.25) is 5.91 Å². The van der Waals surface area contributed by atoms with Crippen LogP contribution in [0.2, 0.25) is 0 Å². The van der Waals surface area contributed by atoms with Crippen LogP contribution in [-0.2, 0) is 4.79 Å². The summed E-state index contributed by atoms with van der Waals surface area (Å²) in [5.74, 6) is 0.0330. The van der Waals surface area contributed by atoms with Gasteiger partial charge in [-0.15, -0.1) is 10.2 Å². The van der Waals surface area contributed by atoms with Crippen LogP contribution in [0.25, 0.3) is 0 Å². The molecule has 2 rings (SSSR count). The van der Waals surface area contributed by atoms with Gasteiger partial charge in [0.25, 0.3) is 11.1 Å². The Labute approximate surface area is 131 Å². The zero-order chi connectivity index (χ0) is 16.1. The van der Waals surface area contributed by atoms with E-state index in [1.54, 1.807) is 33.2 Å². The van der Waals surface area contributed by atoms with E-state index in [1.807, 2.05) is 0 Å². The number of carbonyl (C=O) groups is 1. The van der Waals surface area contributed by atoms with E-state index in [2.05, 4.69) is 10.2 Å². The van der Waals surface area contributed by atoms with Crippen LogP contribution in [0.1, 0.15) is 18.9 Å². The predicted octanol–water partition coefficient (Wildman–Crippen LogP) is 2.53. The molecule has 1 amide bonds. The van der Waals surface area contributed by atoms with Gasteiger partial charge in [-0.2, -0.15) is 0 Å². The summed E-state index contributed by atoms with van der Waals surface area (Å²) in [6, 6.07) is 6.08. The Balaban J connectivity index is 1.96. The van der Waals surface area contributed by atoms with Crippen molar-refractivity contribution in [2.75, 3.05) is 19.8 Å². The molecule has 22 heavy (non-hydrogen) atoms. The Morgan fingerprint density at radius 1 is 1.41 bits per heavy atom. The quantitative estimate of drug-likeness (QED) is 0.760. The van der Waals surface area contributed by atoms with E-state index in [1.165, 1.54) is 17.0 Å². The van der Waals surface area contributed by atoms with Crippen molar-refractivity contribution in [2.24, 2.45) is 0 Å². The van der Waals surface area contributed by atoms with Crippen molar-refractivity contribution in [1.29, 1.82) is 0 Å². The number of halogens is 1. The Morgan fingerprint density at radius 3 is 2.82 bits per heavy atom. The van der Waals surface area contributed by atoms with Gasteiger partial charge in [-0.3, -0.25) is 4.79 Å². The summed E-state index contributed by atoms with van der Waals surface area (Å²) in [5, 5.41) is 7.96. The second-order valence-electron chi connectivity index (χ2n) is 4.67. The molecule has 0 aliphatic heterocycles. The van der Waals surface area contributed by atoms with Crippen LogP contribution in [0.3, 0.4) is 0 Å². The maximum atomic E-state index is 13.5. The van der Waals surface area contributed by atoms with Gasteiger partial charge in [0.1, 0.15) is 0 Å². The predicted molar refractivity (Wildman–Crippen MR) is 79.2 cm³/mol. The van der Waals surface area contributed by atoms with E-state index in [0.29, 0.717) is 0 Å². The number of para-hydroxylation sites is 1. The minimum absolute atomic E-state index is 0.0552. The molecule has 0 fully saturated rings. The molecular weight excluding hydrogens is 309 g/mol. The molecule has 0 aliphatic carbocycles. The fourth-order valence-electron chi connectivity index (χ4n) is 1.48. The Morgan fingerprint density at radius 2 is 2.14 bits per heavy atom. The topological polar surface area (TPSA) is 68.5 Å². The van der Waals surface area contributed by atoms with Crippen LogP contribution >= 0.6 is 11.8 Å². The lowest BCUT2D eigenvalue weighted by atomic mass is 10.3. The Kier molecular flexibility index (Phi) is 5.37. The largest absolute Gasteiger partial charge is 0.478 e. The van der Waals surface area contributed by atoms with Gasteiger partial charge in [-0.1, -0.05) is 23.9 Å². The summed E-state index contributed by atoms with van der Waals surface area (Å²) < 4.78 is 24.4. The number of ether oxygens (including phenoxy) is 1. The molecule has 0 radical (unpaired) electrons. The van der Waals surface area contributed by atoms with E-state index < -0.39 is 11.9 Å². The molecule has 1 unspecified atom stereocenters. The summed E-state index contributed by atoms with van der Waals surface area (Å²) >= 11 is 1.14. The van der Waals surface area contributed by atoms with E-state index in [4.69, 9.17) is 9.15 Å². The third-order valence-electron chi connectivity index (χ3n) is 2.73. The van der Waals surface area contributed by atoms with E-state index in [9.17, 15) is 9.18 Å². The van der Waals surface area contributed by atoms with Gasteiger partial charge in [0.05, 0.1) is 5.75 Å². The van der Waals surface area contributed by atoms with Crippen LogP contribution in [-0.4, -0.2) is 40.9 Å². The standard InChI is InChI=1S/C14H16FN3O3S/c1-9(20-11-7-5-4-6-10(11)15)13-16-17-14(21-13)22-8-12(19)18(2)3/h4-7,9H,8H2,1-3H3. The minimum atomic E-state index is -0.594. The van der Waals surface area contributed by atoms with E-state index >= 15 is 0 Å². The van der Waals surface area contributed by atoms with Gasteiger partial charge < -0.3 is 14.1 Å². The SMILES string of the molecule is CC(Oc1ccccc1F)c1nnc(SCC(=O)N(C)C)o1. The number of hydrogen-bond acceptors (Lipinski definition) is 6. The van der Waals surface area contributed by atoms with Crippen molar-refractivity contribution in [2.45, 2.75) is 18.3 Å². The summed E-state index contributed by atoms with van der Waals surface area (Å²) in [4.78, 5) is 13.0. The average molecular weight is 325 g/mol. The van der Waals surface area contributed by atoms with Crippen LogP contribution in [0.4, 0.5) is 4.39 Å². The molecule has 0 spiro atoms. The zero-order valence-corrected chi connectivity index (χ0v) is 13.3. The molecule has 1 atom stereocenters. The first-order chi connectivity index (χ1) is 10.5. The monoisotopic (exact) mass is 325 g/mol. The molecule has 6 nitrogen and oxygen atoms in total. The van der Waals surface area contributed by atoms with Crippen molar-refractivity contribution < 1.29 is 18.3 Å². The van der Waals surface area contributed by atoms with Gasteiger partial charge in [-0.25, -0.2) is 4.39 Å². The summed E-state index contributed by atoms with van der Waals surface area (Å²) in [6.45, 7) is 1.68. The van der Waals surface area contributed by atoms with Crippen LogP contribution < -0.4 is 4.74 Å². The molecule has 0 saturated carbocycles. The minimum Gasteiger partial charge on any atom is -0.478 e. The van der Waals surface area contributed by atoms with Crippen molar-refractivity contribution in [3.63, 3.8) is 0 Å². The smallest absolute Gasteiger partial charge is 0.277 e. The maximum absolute atomic E-state index is 13.5. The van der Waals surface area contributed by atoms with Gasteiger partial charge in [0.15, 0.2) is 17.7 Å². The first-order valence-electron chi connectivity index (χ1n) is 6.55. The average Bonchev–Trinajstić information content (AvgIpc) is 2.96. The molecule has 8 heteroatoms. The third-order valence-corrected chi connectivity index (χ3v) is 3.53. The van der Waals surface area contributed by atoms with Crippen molar-refractivity contribution >= 4 is 17.7 Å². The van der Waals surface area contributed by atoms with Crippen molar-refractivity contribution in [3.8, 4) is 5.75 Å². The highest BCUT2D eigenvalue weighted by Crippen LogP contribution is 2.25. The highest BCUT2D eigenvalue weighted by atomic mass is 32.2. The highest BCUT2D eigenvalue weighted by molar-refractivity contribution is 7.99. The molecule has 0 bridgehead atoms. The molecule has 0 saturated heterocycles. The lowest BCUT2D eigenvalue weighted by molar-refractivity contribution is -0.125. The summed E-state index contributed by atoms with van der Waals surface area (Å²) in [6.07, 6.45) is -0.594. The number of hydrogen-bond donors (Lipinski definition) is 0. The Bertz CT molecular complexity index is 648. The van der Waals surface area contributed by atoms with Gasteiger partial charge in [0, 0.05) is 14.1 Å². The molecule has 1 aromatic carbocycles. The van der Waals surface area contributed by atoms with Gasteiger partial charge >= 0.3 is 0 Å². The number of thioether (sulfide) groups is 1. The zero-order valence-electron chi connectivity index (χ0n) is 12.4. The maximum Gasteiger partial charge on any atom is 0.277 e. The summed E-state index contributed by atoms with van der Waals surface area (Å²) in [5.41, 5.74) is 0. The number of nitrogens with zero attached hydrogens (tertiary/aromatic N) is 3. The first kappa shape index (κ1) is 16.3. The number of rotatable bonds is 6. The van der Waals surface area contributed by atoms with Crippen LogP contribution in [0.15, 0.2) is 33.9 Å².